The fourth-order valence-electron chi connectivity index (χ4n) is 11.2. The minimum absolute atomic E-state index is 0.106. The van der Waals surface area contributed by atoms with Crippen molar-refractivity contribution in [3.63, 3.8) is 0 Å². The van der Waals surface area contributed by atoms with E-state index in [-0.39, 0.29) is 25.7 Å². The van der Waals surface area contributed by atoms with Gasteiger partial charge in [0.2, 0.25) is 0 Å². The van der Waals surface area contributed by atoms with Crippen molar-refractivity contribution in [2.75, 3.05) is 39.6 Å². The number of aliphatic hydroxyl groups is 1. The van der Waals surface area contributed by atoms with E-state index in [1.165, 1.54) is 212 Å². The van der Waals surface area contributed by atoms with Gasteiger partial charge in [-0.2, -0.15) is 0 Å². The van der Waals surface area contributed by atoms with Crippen LogP contribution in [0, 0.1) is 0 Å². The predicted molar refractivity (Wildman–Crippen MR) is 372 cm³/mol. The summed E-state index contributed by atoms with van der Waals surface area (Å²) in [5, 5.41) is 10.6. The van der Waals surface area contributed by atoms with Crippen LogP contribution < -0.4 is 0 Å². The Morgan fingerprint density at radius 3 is 0.641 bits per heavy atom. The van der Waals surface area contributed by atoms with Gasteiger partial charge in [-0.3, -0.25) is 37.3 Å². The second-order valence-corrected chi connectivity index (χ2v) is 29.2. The number of hydrogen-bond donors (Lipinski definition) is 3. The summed E-state index contributed by atoms with van der Waals surface area (Å²) in [6.45, 7) is 4.92. The van der Waals surface area contributed by atoms with Crippen molar-refractivity contribution in [3.05, 3.63) is 0 Å². The summed E-state index contributed by atoms with van der Waals surface area (Å²) in [6.07, 6.45) is 57.1. The van der Waals surface area contributed by atoms with Crippen molar-refractivity contribution < 1.29 is 80.2 Å². The molecule has 92 heavy (non-hydrogen) atoms. The van der Waals surface area contributed by atoms with E-state index in [0.717, 1.165) is 96.3 Å². The van der Waals surface area contributed by atoms with Gasteiger partial charge in [-0.1, -0.05) is 336 Å². The highest BCUT2D eigenvalue weighted by atomic mass is 31.2. The molecule has 17 nitrogen and oxygen atoms in total. The maximum Gasteiger partial charge on any atom is 0.472 e. The SMILES string of the molecule is CCCCCCCCCCCCCCCCCCCCCCCC(=O)O[C@H](COC(=O)CCCCCCCCCCCCCCCC)COP(=O)(O)OC[C@@H](O)COP(=O)(O)OC[C@@H](COC(=O)CCCCCCCCCC)OC(=O)CCCCCCCCCCC. The number of hydrogen-bond acceptors (Lipinski definition) is 15. The molecule has 0 spiro atoms. The summed E-state index contributed by atoms with van der Waals surface area (Å²) in [5.41, 5.74) is 0. The van der Waals surface area contributed by atoms with E-state index in [1.54, 1.807) is 0 Å². The highest BCUT2D eigenvalue weighted by Crippen LogP contribution is 2.45. The van der Waals surface area contributed by atoms with Crippen LogP contribution in [0.4, 0.5) is 0 Å². The van der Waals surface area contributed by atoms with Crippen LogP contribution in [0.15, 0.2) is 0 Å². The van der Waals surface area contributed by atoms with Gasteiger partial charge in [-0.15, -0.1) is 0 Å². The number of rotatable bonds is 74. The lowest BCUT2D eigenvalue weighted by Gasteiger charge is -2.21. The lowest BCUT2D eigenvalue weighted by Crippen LogP contribution is -2.30. The van der Waals surface area contributed by atoms with Crippen molar-refractivity contribution in [2.24, 2.45) is 0 Å². The first kappa shape index (κ1) is 90.1. The standard InChI is InChI=1S/C73H142O17P2/c1-5-9-13-17-21-25-27-29-31-32-33-34-35-36-37-39-41-44-48-52-56-60-73(78)90-69(64-84-71(76)58-54-50-46-43-40-38-30-28-26-22-18-14-10-6-2)66-88-92(81,82)86-62-67(74)61-85-91(79,80)87-65-68(63-83-70(75)57-53-49-45-24-20-16-12-8-4)89-72(77)59-55-51-47-42-23-19-15-11-7-3/h67-69,74H,5-66H2,1-4H3,(H,79,80)(H,81,82)/t67-,68+,69+/m0/s1. The highest BCUT2D eigenvalue weighted by molar-refractivity contribution is 7.47. The Morgan fingerprint density at radius 1 is 0.261 bits per heavy atom. The van der Waals surface area contributed by atoms with E-state index in [0.29, 0.717) is 25.7 Å². The first-order valence-electron chi connectivity index (χ1n) is 38.3. The van der Waals surface area contributed by atoms with Crippen LogP contribution in [0.1, 0.15) is 387 Å². The molecular formula is C73H142O17P2. The van der Waals surface area contributed by atoms with Crippen molar-refractivity contribution >= 4 is 39.5 Å². The molecule has 0 aromatic rings. The van der Waals surface area contributed by atoms with Crippen molar-refractivity contribution in [3.8, 4) is 0 Å². The molecule has 0 rings (SSSR count). The number of unbranched alkanes of at least 4 members (excludes halogenated alkanes) is 48. The largest absolute Gasteiger partial charge is 0.472 e. The Morgan fingerprint density at radius 2 is 0.435 bits per heavy atom. The highest BCUT2D eigenvalue weighted by Gasteiger charge is 2.30. The monoisotopic (exact) mass is 1350 g/mol. The normalized spacial score (nSPS) is 13.9. The second-order valence-electron chi connectivity index (χ2n) is 26.3. The number of aliphatic hydroxyl groups excluding tert-OH is 1. The van der Waals surface area contributed by atoms with Gasteiger partial charge in [-0.05, 0) is 25.7 Å². The average Bonchev–Trinajstić information content (AvgIpc) is 2.01. The molecule has 19 heteroatoms. The van der Waals surface area contributed by atoms with Gasteiger partial charge >= 0.3 is 39.5 Å². The minimum Gasteiger partial charge on any atom is -0.462 e. The molecule has 0 saturated carbocycles. The van der Waals surface area contributed by atoms with E-state index < -0.39 is 97.5 Å². The van der Waals surface area contributed by atoms with Crippen molar-refractivity contribution in [1.29, 1.82) is 0 Å². The number of carbonyl (C=O) groups is 4. The average molecular weight is 1350 g/mol. The molecule has 5 atom stereocenters. The zero-order chi connectivity index (χ0) is 67.5. The van der Waals surface area contributed by atoms with Gasteiger partial charge in [0.1, 0.15) is 19.3 Å². The molecule has 0 bridgehead atoms. The predicted octanol–water partition coefficient (Wildman–Crippen LogP) is 21.4. The van der Waals surface area contributed by atoms with Gasteiger partial charge in [0.25, 0.3) is 0 Å². The van der Waals surface area contributed by atoms with Crippen LogP contribution in [0.3, 0.4) is 0 Å². The molecule has 0 heterocycles. The van der Waals surface area contributed by atoms with Crippen molar-refractivity contribution in [2.45, 2.75) is 406 Å². The van der Waals surface area contributed by atoms with E-state index in [1.807, 2.05) is 0 Å². The fourth-order valence-corrected chi connectivity index (χ4v) is 12.8. The van der Waals surface area contributed by atoms with E-state index >= 15 is 0 Å². The van der Waals surface area contributed by atoms with Crippen LogP contribution >= 0.6 is 15.6 Å². The summed E-state index contributed by atoms with van der Waals surface area (Å²) in [7, 11) is -9.89. The number of ether oxygens (including phenoxy) is 4. The lowest BCUT2D eigenvalue weighted by molar-refractivity contribution is -0.161. The number of phosphoric ester groups is 2. The number of esters is 4. The zero-order valence-electron chi connectivity index (χ0n) is 59.5. The van der Waals surface area contributed by atoms with E-state index in [9.17, 15) is 43.2 Å². The van der Waals surface area contributed by atoms with Crippen LogP contribution in [-0.4, -0.2) is 96.7 Å². The molecule has 0 aromatic heterocycles. The first-order valence-corrected chi connectivity index (χ1v) is 41.3. The molecule has 3 N–H and O–H groups in total. The number of phosphoric acid groups is 2. The van der Waals surface area contributed by atoms with Crippen LogP contribution in [-0.2, 0) is 65.4 Å². The summed E-state index contributed by atoms with van der Waals surface area (Å²) in [6, 6.07) is 0. The molecule has 0 radical (unpaired) electrons. The lowest BCUT2D eigenvalue weighted by atomic mass is 10.0. The summed E-state index contributed by atoms with van der Waals surface area (Å²) < 4.78 is 68.3. The van der Waals surface area contributed by atoms with Gasteiger partial charge in [0, 0.05) is 25.7 Å². The minimum atomic E-state index is -4.95. The summed E-state index contributed by atoms with van der Waals surface area (Å²) in [5.74, 6) is -2.12. The smallest absolute Gasteiger partial charge is 0.462 e. The quantitative estimate of drug-likeness (QED) is 0.0222. The van der Waals surface area contributed by atoms with Crippen molar-refractivity contribution in [1.82, 2.24) is 0 Å². The Labute approximate surface area is 562 Å². The maximum atomic E-state index is 13.1. The molecule has 0 fully saturated rings. The number of carbonyl (C=O) groups excluding carboxylic acids is 4. The van der Waals surface area contributed by atoms with Gasteiger partial charge < -0.3 is 33.8 Å². The fraction of sp³-hybridized carbons (Fsp3) is 0.945. The molecule has 0 aromatic carbocycles. The van der Waals surface area contributed by atoms with Crippen LogP contribution in [0.2, 0.25) is 0 Å². The topological polar surface area (TPSA) is 237 Å². The van der Waals surface area contributed by atoms with Gasteiger partial charge in [-0.25, -0.2) is 9.13 Å². The van der Waals surface area contributed by atoms with E-state index in [4.69, 9.17) is 37.0 Å². The molecule has 546 valence electrons. The van der Waals surface area contributed by atoms with Gasteiger partial charge in [0.05, 0.1) is 26.4 Å². The molecule has 0 aliphatic heterocycles. The van der Waals surface area contributed by atoms with Crippen LogP contribution in [0.5, 0.6) is 0 Å². The molecule has 0 saturated heterocycles. The van der Waals surface area contributed by atoms with Crippen LogP contribution in [0.25, 0.3) is 0 Å². The Bertz CT molecular complexity index is 1760. The molecule has 2 unspecified atom stereocenters. The molecule has 0 aliphatic carbocycles. The molecule has 0 amide bonds. The zero-order valence-corrected chi connectivity index (χ0v) is 61.3. The second kappa shape index (κ2) is 67.6. The van der Waals surface area contributed by atoms with E-state index in [2.05, 4.69) is 27.7 Å². The Kier molecular flexibility index (Phi) is 66.2. The third kappa shape index (κ3) is 66.7. The third-order valence-corrected chi connectivity index (χ3v) is 19.0. The summed E-state index contributed by atoms with van der Waals surface area (Å²) >= 11 is 0. The third-order valence-electron chi connectivity index (χ3n) is 17.1. The molecule has 0 aliphatic rings. The van der Waals surface area contributed by atoms with Gasteiger partial charge in [0.15, 0.2) is 12.2 Å². The first-order chi connectivity index (χ1) is 44.7. The molecular weight excluding hydrogens is 1210 g/mol. The Balaban J connectivity index is 5.15. The Hall–Kier alpha value is -1.94. The summed E-state index contributed by atoms with van der Waals surface area (Å²) in [4.78, 5) is 72.5. The maximum absolute atomic E-state index is 13.1.